The molecule has 14 nitrogen and oxygen atoms in total. The van der Waals surface area contributed by atoms with E-state index < -0.39 is 25.2 Å². The summed E-state index contributed by atoms with van der Waals surface area (Å²) < 4.78 is 92.9. The van der Waals surface area contributed by atoms with Crippen LogP contribution in [0.4, 0.5) is 43.8 Å². The van der Waals surface area contributed by atoms with Crippen LogP contribution >= 0.6 is 11.6 Å². The fourth-order valence-electron chi connectivity index (χ4n) is 7.57. The molecule has 0 aromatic carbocycles. The van der Waals surface area contributed by atoms with Gasteiger partial charge in [-0.1, -0.05) is 11.6 Å². The van der Waals surface area contributed by atoms with Gasteiger partial charge in [-0.05, 0) is 65.5 Å². The Hall–Kier alpha value is -4.27. The Labute approximate surface area is 356 Å². The zero-order chi connectivity index (χ0) is 43.7. The van der Waals surface area contributed by atoms with E-state index >= 15 is 0 Å². The van der Waals surface area contributed by atoms with Crippen molar-refractivity contribution in [2.24, 2.45) is 0 Å². The molecule has 4 fully saturated rings. The van der Waals surface area contributed by atoms with Crippen LogP contribution in [0.3, 0.4) is 0 Å². The zero-order valence-electron chi connectivity index (χ0n) is 34.8. The maximum absolute atomic E-state index is 13.5. The van der Waals surface area contributed by atoms with E-state index in [0.717, 1.165) is 13.1 Å². The fraction of sp³-hybridized carbons (Fsp3) is 0.650. The summed E-state index contributed by atoms with van der Waals surface area (Å²) in [5.41, 5.74) is 0.555. The van der Waals surface area contributed by atoms with E-state index in [9.17, 15) is 26.3 Å². The standard InChI is InChI=1S/C20H27F3N6O.C14H15ClF3N5.C6H13NO/c1-13-11-28(12-14(2)30-13)18-9-17(24-15-3-6-20(22,23)7-4-15)25-19(26-18)29-8-5-16(10-21)27-29;15-11-7-12(19-9-1-4-14(17,18)5-2-9)21-13(20-11)23-6-3-10(8-16)22-23;1-5-3-7-4-6(2)8-5/h5,8-9,13-15H,3-4,6-7,10-12H2,1-2H3,(H,24,25,26);3,6-7,9H,1-2,4-5,8H2,(H,19,20,21);5-7H,3-4H2,1-2H3. The van der Waals surface area contributed by atoms with Crippen molar-refractivity contribution in [3.8, 4) is 11.9 Å². The summed E-state index contributed by atoms with van der Waals surface area (Å²) in [6.07, 6.45) is 4.97. The van der Waals surface area contributed by atoms with Crippen LogP contribution in [0.2, 0.25) is 5.15 Å². The number of nitrogens with one attached hydrogen (secondary N) is 3. The largest absolute Gasteiger partial charge is 0.373 e. The number of morpholine rings is 2. The molecular formula is C40H55ClF6N12O2. The molecule has 2 saturated heterocycles. The SMILES string of the molecule is CC1CN(c2cc(NC3CCC(F)(F)CC3)nc(-n3ccc(CF)n3)n2)CC(C)O1.CC1CNCC(C)O1.FCc1ccn(-c2nc(Cl)cc(NC3CCC(F)(F)CC3)n2)n1. The number of nitrogens with zero attached hydrogens (tertiary/aromatic N) is 9. The van der Waals surface area contributed by atoms with Gasteiger partial charge in [0.1, 0.15) is 36.0 Å². The molecule has 2 saturated carbocycles. The van der Waals surface area contributed by atoms with Gasteiger partial charge in [0.05, 0.1) is 35.8 Å². The highest BCUT2D eigenvalue weighted by molar-refractivity contribution is 6.29. The van der Waals surface area contributed by atoms with Crippen molar-refractivity contribution >= 4 is 29.1 Å². The molecule has 4 atom stereocenters. The third kappa shape index (κ3) is 13.9. The number of rotatable bonds is 9. The minimum atomic E-state index is -2.59. The number of halogens is 7. The number of aromatic nitrogens is 8. The third-order valence-corrected chi connectivity index (χ3v) is 10.8. The van der Waals surface area contributed by atoms with Crippen LogP contribution in [0, 0.1) is 0 Å². The normalized spacial score (nSPS) is 24.2. The van der Waals surface area contributed by atoms with Crippen molar-refractivity contribution in [2.45, 2.75) is 141 Å². The summed E-state index contributed by atoms with van der Waals surface area (Å²) in [5.74, 6) is -2.98. The van der Waals surface area contributed by atoms with E-state index in [1.54, 1.807) is 12.3 Å². The second-order valence-electron chi connectivity index (χ2n) is 16.2. The minimum Gasteiger partial charge on any atom is -0.373 e. The maximum atomic E-state index is 13.5. The predicted octanol–water partition coefficient (Wildman–Crippen LogP) is 7.89. The van der Waals surface area contributed by atoms with E-state index in [1.807, 2.05) is 19.9 Å². The van der Waals surface area contributed by atoms with Gasteiger partial charge in [-0.15, -0.1) is 0 Å². The first-order valence-corrected chi connectivity index (χ1v) is 21.1. The highest BCUT2D eigenvalue weighted by Crippen LogP contribution is 2.35. The predicted molar refractivity (Wildman–Crippen MR) is 220 cm³/mol. The van der Waals surface area contributed by atoms with Gasteiger partial charge < -0.3 is 30.3 Å². The molecule has 6 heterocycles. The summed E-state index contributed by atoms with van der Waals surface area (Å²) in [5, 5.41) is 18.0. The molecule has 2 aliphatic carbocycles. The topological polar surface area (TPSA) is 145 Å². The van der Waals surface area contributed by atoms with Crippen molar-refractivity contribution in [1.82, 2.24) is 44.8 Å². The first-order chi connectivity index (χ1) is 29.0. The lowest BCUT2D eigenvalue weighted by molar-refractivity contribution is -0.0366. The Balaban J connectivity index is 0.000000177. The van der Waals surface area contributed by atoms with E-state index in [0.29, 0.717) is 80.1 Å². The second kappa shape index (κ2) is 20.7. The molecule has 4 aliphatic rings. The number of anilines is 3. The Morgan fingerprint density at radius 1 is 0.672 bits per heavy atom. The van der Waals surface area contributed by atoms with Gasteiger partial charge in [0.2, 0.25) is 11.8 Å². The molecule has 336 valence electrons. The van der Waals surface area contributed by atoms with Crippen LogP contribution in [0.1, 0.15) is 90.4 Å². The molecule has 21 heteroatoms. The Morgan fingerprint density at radius 2 is 1.11 bits per heavy atom. The van der Waals surface area contributed by atoms with E-state index in [-0.39, 0.29) is 66.8 Å². The van der Waals surface area contributed by atoms with Gasteiger partial charge in [-0.25, -0.2) is 35.7 Å². The summed E-state index contributed by atoms with van der Waals surface area (Å²) in [7, 11) is 0. The molecule has 4 unspecified atom stereocenters. The molecule has 3 N–H and O–H groups in total. The Bertz CT molecular complexity index is 1970. The highest BCUT2D eigenvalue weighted by Gasteiger charge is 2.36. The van der Waals surface area contributed by atoms with E-state index in [2.05, 4.69) is 64.8 Å². The molecule has 4 aromatic heterocycles. The first-order valence-electron chi connectivity index (χ1n) is 20.8. The summed E-state index contributed by atoms with van der Waals surface area (Å²) >= 11 is 5.98. The summed E-state index contributed by atoms with van der Waals surface area (Å²) in [4.78, 5) is 19.6. The highest BCUT2D eigenvalue weighted by atomic mass is 35.5. The van der Waals surface area contributed by atoms with Gasteiger partial charge in [-0.2, -0.15) is 30.1 Å². The van der Waals surface area contributed by atoms with Gasteiger partial charge in [0, 0.05) is 88.5 Å². The van der Waals surface area contributed by atoms with Crippen LogP contribution < -0.4 is 20.9 Å². The number of hydrogen-bond donors (Lipinski definition) is 3. The lowest BCUT2D eigenvalue weighted by atomic mass is 9.92. The van der Waals surface area contributed by atoms with Crippen molar-refractivity contribution in [2.75, 3.05) is 41.7 Å². The van der Waals surface area contributed by atoms with Gasteiger partial charge in [0.25, 0.3) is 11.9 Å². The average Bonchev–Trinajstić information content (AvgIpc) is 3.90. The van der Waals surface area contributed by atoms with Crippen LogP contribution in [0.25, 0.3) is 11.9 Å². The van der Waals surface area contributed by atoms with Crippen LogP contribution in [-0.4, -0.2) is 114 Å². The van der Waals surface area contributed by atoms with Crippen molar-refractivity contribution < 1.29 is 35.8 Å². The summed E-state index contributed by atoms with van der Waals surface area (Å²) in [6.45, 7) is 10.2. The fourth-order valence-corrected chi connectivity index (χ4v) is 7.74. The monoisotopic (exact) mass is 884 g/mol. The Kier molecular flexibility index (Phi) is 15.7. The molecule has 0 bridgehead atoms. The van der Waals surface area contributed by atoms with Gasteiger partial charge in [0.15, 0.2) is 0 Å². The lowest BCUT2D eigenvalue weighted by Crippen LogP contribution is -2.46. The van der Waals surface area contributed by atoms with Gasteiger partial charge >= 0.3 is 0 Å². The Morgan fingerprint density at radius 3 is 1.54 bits per heavy atom. The van der Waals surface area contributed by atoms with Crippen molar-refractivity contribution in [1.29, 1.82) is 0 Å². The zero-order valence-corrected chi connectivity index (χ0v) is 35.6. The molecule has 8 rings (SSSR count). The van der Waals surface area contributed by atoms with Gasteiger partial charge in [-0.3, -0.25) is 0 Å². The molecular weight excluding hydrogens is 830 g/mol. The van der Waals surface area contributed by atoms with Crippen molar-refractivity contribution in [3.05, 3.63) is 53.2 Å². The summed E-state index contributed by atoms with van der Waals surface area (Å²) in [6, 6.07) is 6.28. The average molecular weight is 885 g/mol. The van der Waals surface area contributed by atoms with E-state index in [4.69, 9.17) is 21.1 Å². The number of alkyl halides is 6. The smallest absolute Gasteiger partial charge is 0.254 e. The third-order valence-electron chi connectivity index (χ3n) is 10.6. The number of ether oxygens (including phenoxy) is 2. The quantitative estimate of drug-likeness (QED) is 0.111. The van der Waals surface area contributed by atoms with Crippen molar-refractivity contribution in [3.63, 3.8) is 0 Å². The molecule has 0 spiro atoms. The van der Waals surface area contributed by atoms with E-state index in [1.165, 1.54) is 27.7 Å². The molecule has 0 amide bonds. The number of hydrogen-bond acceptors (Lipinski definition) is 12. The molecule has 61 heavy (non-hydrogen) atoms. The minimum absolute atomic E-state index is 0.0481. The van der Waals surface area contributed by atoms with Crippen LogP contribution in [-0.2, 0) is 22.8 Å². The molecule has 2 aliphatic heterocycles. The molecule has 4 aromatic rings. The molecule has 0 radical (unpaired) electrons. The lowest BCUT2D eigenvalue weighted by Gasteiger charge is -2.36. The first kappa shape index (κ1) is 46.2. The second-order valence-corrected chi connectivity index (χ2v) is 16.6. The van der Waals surface area contributed by atoms with Crippen LogP contribution in [0.5, 0.6) is 0 Å². The van der Waals surface area contributed by atoms with Crippen LogP contribution in [0.15, 0.2) is 36.7 Å². The maximum Gasteiger partial charge on any atom is 0.254 e.